The summed E-state index contributed by atoms with van der Waals surface area (Å²) in [7, 11) is 1.76. The quantitative estimate of drug-likeness (QED) is 0.316. The third-order valence-corrected chi connectivity index (χ3v) is 5.32. The molecule has 0 aliphatic carbocycles. The Morgan fingerprint density at radius 1 is 0.778 bits per heavy atom. The summed E-state index contributed by atoms with van der Waals surface area (Å²) in [6.07, 6.45) is 1.42. The molecule has 0 bridgehead atoms. The van der Waals surface area contributed by atoms with Crippen molar-refractivity contribution in [3.63, 3.8) is 0 Å². The molecule has 0 aliphatic rings. The summed E-state index contributed by atoms with van der Waals surface area (Å²) in [6, 6.07) is 26.8. The highest BCUT2D eigenvalue weighted by Crippen LogP contribution is 2.17. The zero-order chi connectivity index (χ0) is 25.3. The van der Waals surface area contributed by atoms with Crippen LogP contribution >= 0.6 is 0 Å². The topological polar surface area (TPSA) is 104 Å². The maximum atomic E-state index is 12.8. The van der Waals surface area contributed by atoms with Crippen LogP contribution in [0.2, 0.25) is 0 Å². The molecule has 0 saturated heterocycles. The number of hydrogen-bond donors (Lipinski definition) is 3. The lowest BCUT2D eigenvalue weighted by molar-refractivity contribution is -0.114. The summed E-state index contributed by atoms with van der Waals surface area (Å²) in [4.78, 5) is 39.1. The van der Waals surface area contributed by atoms with Crippen molar-refractivity contribution in [3.8, 4) is 0 Å². The van der Waals surface area contributed by atoms with E-state index in [4.69, 9.17) is 4.42 Å². The van der Waals surface area contributed by atoms with Crippen LogP contribution in [0, 0.1) is 0 Å². The van der Waals surface area contributed by atoms with Crippen LogP contribution in [0.5, 0.6) is 0 Å². The lowest BCUT2D eigenvalue weighted by atomic mass is 10.1. The minimum atomic E-state index is -0.381. The van der Waals surface area contributed by atoms with Crippen LogP contribution in [0.1, 0.15) is 26.5 Å². The van der Waals surface area contributed by atoms with Crippen molar-refractivity contribution in [1.82, 2.24) is 4.90 Å². The molecule has 0 saturated carbocycles. The van der Waals surface area contributed by atoms with Crippen molar-refractivity contribution in [2.45, 2.75) is 6.54 Å². The molecule has 1 aromatic heterocycles. The molecule has 3 aromatic carbocycles. The molecule has 4 aromatic rings. The Hall–Kier alpha value is -4.85. The number of amides is 3. The van der Waals surface area contributed by atoms with Crippen LogP contribution in [-0.2, 0) is 11.3 Å². The third kappa shape index (κ3) is 6.60. The van der Waals surface area contributed by atoms with Gasteiger partial charge in [-0.05, 0) is 54.1 Å². The molecule has 0 spiro atoms. The predicted molar refractivity (Wildman–Crippen MR) is 139 cm³/mol. The summed E-state index contributed by atoms with van der Waals surface area (Å²) < 4.78 is 5.09. The molecular formula is C28H26N4O4. The van der Waals surface area contributed by atoms with Crippen molar-refractivity contribution in [1.29, 1.82) is 0 Å². The van der Waals surface area contributed by atoms with E-state index in [9.17, 15) is 14.4 Å². The monoisotopic (exact) mass is 482 g/mol. The average Bonchev–Trinajstić information content (AvgIpc) is 3.43. The molecule has 0 radical (unpaired) electrons. The maximum absolute atomic E-state index is 12.8. The number of anilines is 3. The fraction of sp³-hybridized carbons (Fsp3) is 0.107. The summed E-state index contributed by atoms with van der Waals surface area (Å²) in [5, 5.41) is 8.56. The van der Waals surface area contributed by atoms with Crippen molar-refractivity contribution >= 4 is 34.8 Å². The number of benzene rings is 3. The molecule has 1 heterocycles. The zero-order valence-electron chi connectivity index (χ0n) is 19.7. The largest absolute Gasteiger partial charge is 0.459 e. The second kappa shape index (κ2) is 11.5. The lowest BCUT2D eigenvalue weighted by Gasteiger charge is -2.18. The Bertz CT molecular complexity index is 1340. The van der Waals surface area contributed by atoms with Gasteiger partial charge in [-0.2, -0.15) is 0 Å². The molecular weight excluding hydrogens is 456 g/mol. The second-order valence-corrected chi connectivity index (χ2v) is 8.14. The third-order valence-electron chi connectivity index (χ3n) is 5.32. The van der Waals surface area contributed by atoms with Gasteiger partial charge in [0.15, 0.2) is 5.76 Å². The Morgan fingerprint density at radius 3 is 2.25 bits per heavy atom. The van der Waals surface area contributed by atoms with Gasteiger partial charge in [0.2, 0.25) is 5.91 Å². The first-order valence-electron chi connectivity index (χ1n) is 11.4. The molecule has 3 N–H and O–H groups in total. The average molecular weight is 483 g/mol. The molecule has 182 valence electrons. The Labute approximate surface area is 208 Å². The van der Waals surface area contributed by atoms with E-state index in [-0.39, 0.29) is 30.0 Å². The SMILES string of the molecule is CN(Cc1ccccc1)C(=O)c1cccc(NCC(=O)Nc2cccc(NC(=O)c3ccco3)c2)c1. The van der Waals surface area contributed by atoms with E-state index in [0.717, 1.165) is 5.56 Å². The van der Waals surface area contributed by atoms with Gasteiger partial charge in [0.1, 0.15) is 0 Å². The second-order valence-electron chi connectivity index (χ2n) is 8.14. The highest BCUT2D eigenvalue weighted by Gasteiger charge is 2.13. The molecule has 36 heavy (non-hydrogen) atoms. The van der Waals surface area contributed by atoms with Crippen molar-refractivity contribution in [2.24, 2.45) is 0 Å². The van der Waals surface area contributed by atoms with Crippen LogP contribution in [-0.4, -0.2) is 36.2 Å². The van der Waals surface area contributed by atoms with Gasteiger partial charge < -0.3 is 25.3 Å². The van der Waals surface area contributed by atoms with E-state index in [1.54, 1.807) is 72.6 Å². The Balaban J connectivity index is 1.30. The molecule has 3 amide bonds. The van der Waals surface area contributed by atoms with Gasteiger partial charge in [0.25, 0.3) is 11.8 Å². The highest BCUT2D eigenvalue weighted by atomic mass is 16.3. The van der Waals surface area contributed by atoms with E-state index in [0.29, 0.717) is 29.2 Å². The van der Waals surface area contributed by atoms with Crippen LogP contribution in [0.4, 0.5) is 17.1 Å². The van der Waals surface area contributed by atoms with Crippen molar-refractivity contribution < 1.29 is 18.8 Å². The van der Waals surface area contributed by atoms with Gasteiger partial charge >= 0.3 is 0 Å². The Morgan fingerprint density at radius 2 is 1.50 bits per heavy atom. The zero-order valence-corrected chi connectivity index (χ0v) is 19.7. The first-order chi connectivity index (χ1) is 17.5. The Kier molecular flexibility index (Phi) is 7.77. The maximum Gasteiger partial charge on any atom is 0.291 e. The molecule has 4 rings (SSSR count). The lowest BCUT2D eigenvalue weighted by Crippen LogP contribution is -2.26. The van der Waals surface area contributed by atoms with E-state index in [1.807, 2.05) is 30.3 Å². The molecule has 0 aliphatic heterocycles. The summed E-state index contributed by atoms with van der Waals surface area (Å²) >= 11 is 0. The van der Waals surface area contributed by atoms with Gasteiger partial charge in [0.05, 0.1) is 12.8 Å². The summed E-state index contributed by atoms with van der Waals surface area (Å²) in [5.74, 6) is -0.572. The molecule has 8 heteroatoms. The summed E-state index contributed by atoms with van der Waals surface area (Å²) in [5.41, 5.74) is 3.28. The fourth-order valence-corrected chi connectivity index (χ4v) is 3.57. The van der Waals surface area contributed by atoms with Gasteiger partial charge in [0, 0.05) is 36.2 Å². The van der Waals surface area contributed by atoms with E-state index >= 15 is 0 Å². The normalized spacial score (nSPS) is 10.4. The van der Waals surface area contributed by atoms with Gasteiger partial charge in [-0.1, -0.05) is 42.5 Å². The number of rotatable bonds is 9. The van der Waals surface area contributed by atoms with E-state index in [2.05, 4.69) is 16.0 Å². The number of carbonyl (C=O) groups is 3. The molecule has 8 nitrogen and oxygen atoms in total. The van der Waals surface area contributed by atoms with Crippen LogP contribution < -0.4 is 16.0 Å². The van der Waals surface area contributed by atoms with E-state index in [1.165, 1.54) is 6.26 Å². The number of carbonyl (C=O) groups excluding carboxylic acids is 3. The highest BCUT2D eigenvalue weighted by molar-refractivity contribution is 6.03. The van der Waals surface area contributed by atoms with Crippen molar-refractivity contribution in [2.75, 3.05) is 29.5 Å². The number of furan rings is 1. The molecule has 0 unspecified atom stereocenters. The molecule has 0 fully saturated rings. The number of hydrogen-bond acceptors (Lipinski definition) is 5. The van der Waals surface area contributed by atoms with Crippen LogP contribution in [0.15, 0.2) is 102 Å². The number of nitrogens with one attached hydrogen (secondary N) is 3. The van der Waals surface area contributed by atoms with Gasteiger partial charge in [-0.25, -0.2) is 0 Å². The standard InChI is InChI=1S/C28H26N4O4/c1-32(19-20-8-3-2-4-9-20)28(35)21-10-5-11-22(16-21)29-18-26(33)30-23-12-6-13-24(17-23)31-27(34)25-14-7-15-36-25/h2-17,29H,18-19H2,1H3,(H,30,33)(H,31,34). The van der Waals surface area contributed by atoms with Gasteiger partial charge in [-0.3, -0.25) is 14.4 Å². The fourth-order valence-electron chi connectivity index (χ4n) is 3.57. The van der Waals surface area contributed by atoms with E-state index < -0.39 is 0 Å². The molecule has 0 atom stereocenters. The summed E-state index contributed by atoms with van der Waals surface area (Å²) in [6.45, 7) is 0.501. The first kappa shape index (κ1) is 24.3. The first-order valence-corrected chi connectivity index (χ1v) is 11.4. The van der Waals surface area contributed by atoms with Gasteiger partial charge in [-0.15, -0.1) is 0 Å². The minimum Gasteiger partial charge on any atom is -0.459 e. The smallest absolute Gasteiger partial charge is 0.291 e. The minimum absolute atomic E-state index is 0.000477. The van der Waals surface area contributed by atoms with Crippen molar-refractivity contribution in [3.05, 3.63) is 114 Å². The predicted octanol–water partition coefficient (Wildman–Crippen LogP) is 4.85. The van der Waals surface area contributed by atoms with Crippen LogP contribution in [0.25, 0.3) is 0 Å². The number of nitrogens with zero attached hydrogens (tertiary/aromatic N) is 1. The van der Waals surface area contributed by atoms with Crippen LogP contribution in [0.3, 0.4) is 0 Å².